The number of phenolic OH excluding ortho intramolecular Hbond substituents is 1. The Morgan fingerprint density at radius 1 is 1.22 bits per heavy atom. The van der Waals surface area contributed by atoms with Crippen LogP contribution in [0, 0.1) is 11.3 Å². The molecule has 1 amide bonds. The standard InChI is InChI=1S/C24H33F3N2O3/c1-15(2)23(7-3-19(13-23)28-18-5-9-32-10-6-18)22(31)29-8-4-20-16(14-29)11-17(12-21(20)30)24(25,26)27/h11-12,15,18-19,28,30H,3-10,13-14H2,1-2H3/t19-,23+/m1/s1. The van der Waals surface area contributed by atoms with E-state index in [0.29, 0.717) is 30.1 Å². The minimum absolute atomic E-state index is 0.0336. The summed E-state index contributed by atoms with van der Waals surface area (Å²) in [7, 11) is 0. The van der Waals surface area contributed by atoms with Crippen molar-refractivity contribution in [2.45, 2.75) is 77.2 Å². The summed E-state index contributed by atoms with van der Waals surface area (Å²) in [4.78, 5) is 15.5. The van der Waals surface area contributed by atoms with Crippen molar-refractivity contribution < 1.29 is 27.8 Å². The Labute approximate surface area is 187 Å². The lowest BCUT2D eigenvalue weighted by molar-refractivity contribution is -0.146. The zero-order chi connectivity index (χ0) is 23.1. The predicted molar refractivity (Wildman–Crippen MR) is 114 cm³/mol. The number of ether oxygens (including phenoxy) is 1. The fourth-order valence-electron chi connectivity index (χ4n) is 5.71. The summed E-state index contributed by atoms with van der Waals surface area (Å²) < 4.78 is 45.1. The number of hydrogen-bond donors (Lipinski definition) is 2. The van der Waals surface area contributed by atoms with Gasteiger partial charge in [0.2, 0.25) is 5.91 Å². The Hall–Kier alpha value is -1.80. The third kappa shape index (κ3) is 4.49. The van der Waals surface area contributed by atoms with Crippen molar-refractivity contribution in [3.63, 3.8) is 0 Å². The number of carbonyl (C=O) groups is 1. The van der Waals surface area contributed by atoms with Crippen molar-refractivity contribution >= 4 is 5.91 Å². The van der Waals surface area contributed by atoms with Crippen LogP contribution in [0.4, 0.5) is 13.2 Å². The molecule has 2 fully saturated rings. The van der Waals surface area contributed by atoms with Gasteiger partial charge in [-0.2, -0.15) is 13.2 Å². The summed E-state index contributed by atoms with van der Waals surface area (Å²) in [6.45, 7) is 6.19. The van der Waals surface area contributed by atoms with Crippen LogP contribution < -0.4 is 5.32 Å². The van der Waals surface area contributed by atoms with Crippen LogP contribution >= 0.6 is 0 Å². The van der Waals surface area contributed by atoms with Gasteiger partial charge in [0.05, 0.1) is 11.0 Å². The molecule has 8 heteroatoms. The number of amides is 1. The maximum atomic E-state index is 13.8. The number of hydrogen-bond acceptors (Lipinski definition) is 4. The highest BCUT2D eigenvalue weighted by Gasteiger charge is 2.50. The molecule has 1 saturated carbocycles. The Morgan fingerprint density at radius 3 is 2.59 bits per heavy atom. The second-order valence-electron chi connectivity index (χ2n) is 9.91. The Kier molecular flexibility index (Phi) is 6.47. The lowest BCUT2D eigenvalue weighted by Gasteiger charge is -2.40. The van der Waals surface area contributed by atoms with Gasteiger partial charge in [0, 0.05) is 44.0 Å². The summed E-state index contributed by atoms with van der Waals surface area (Å²) >= 11 is 0. The normalized spacial score (nSPS) is 27.1. The summed E-state index contributed by atoms with van der Waals surface area (Å²) in [5.41, 5.74) is -0.468. The quantitative estimate of drug-likeness (QED) is 0.714. The van der Waals surface area contributed by atoms with Gasteiger partial charge in [-0.05, 0) is 62.1 Å². The maximum Gasteiger partial charge on any atom is 0.416 e. The van der Waals surface area contributed by atoms with Gasteiger partial charge < -0.3 is 20.1 Å². The average molecular weight is 455 g/mol. The SMILES string of the molecule is CC(C)[C@]1(C(=O)N2CCc3c(O)cc(C(F)(F)F)cc3C2)CC[C@@H](NC2CCOCC2)C1. The molecule has 4 rings (SSSR count). The third-order valence-corrected chi connectivity index (χ3v) is 7.70. The van der Waals surface area contributed by atoms with E-state index >= 15 is 0 Å². The summed E-state index contributed by atoms with van der Waals surface area (Å²) in [6, 6.07) is 2.55. The van der Waals surface area contributed by atoms with Crippen molar-refractivity contribution in [2.24, 2.45) is 11.3 Å². The Bertz CT molecular complexity index is 852. The van der Waals surface area contributed by atoms with Gasteiger partial charge in [-0.1, -0.05) is 13.8 Å². The molecular weight excluding hydrogens is 421 g/mol. The van der Waals surface area contributed by atoms with Crippen molar-refractivity contribution in [2.75, 3.05) is 19.8 Å². The molecule has 2 N–H and O–H groups in total. The van der Waals surface area contributed by atoms with Crippen LogP contribution in [-0.4, -0.2) is 47.8 Å². The molecular formula is C24H33F3N2O3. The van der Waals surface area contributed by atoms with Gasteiger partial charge >= 0.3 is 6.18 Å². The second-order valence-corrected chi connectivity index (χ2v) is 9.91. The predicted octanol–water partition coefficient (Wildman–Crippen LogP) is 4.26. The molecule has 1 aromatic carbocycles. The van der Waals surface area contributed by atoms with Gasteiger partial charge in [0.25, 0.3) is 0 Å². The lowest BCUT2D eigenvalue weighted by atomic mass is 9.73. The van der Waals surface area contributed by atoms with E-state index in [2.05, 4.69) is 19.2 Å². The Morgan fingerprint density at radius 2 is 1.94 bits per heavy atom. The molecule has 5 nitrogen and oxygen atoms in total. The van der Waals surface area contributed by atoms with E-state index in [1.54, 1.807) is 4.90 Å². The monoisotopic (exact) mass is 454 g/mol. The van der Waals surface area contributed by atoms with E-state index in [4.69, 9.17) is 4.74 Å². The third-order valence-electron chi connectivity index (χ3n) is 7.70. The average Bonchev–Trinajstić information content (AvgIpc) is 3.18. The molecule has 0 spiro atoms. The van der Waals surface area contributed by atoms with Crippen LogP contribution in [0.15, 0.2) is 12.1 Å². The molecule has 2 heterocycles. The number of nitrogens with zero attached hydrogens (tertiary/aromatic N) is 1. The second kappa shape index (κ2) is 8.86. The van der Waals surface area contributed by atoms with Gasteiger partial charge in [-0.3, -0.25) is 4.79 Å². The molecule has 0 radical (unpaired) electrons. The molecule has 1 aromatic rings. The lowest BCUT2D eigenvalue weighted by Crippen LogP contribution is -2.49. The van der Waals surface area contributed by atoms with Gasteiger partial charge in [0.1, 0.15) is 5.75 Å². The number of carbonyl (C=O) groups excluding carboxylic acids is 1. The van der Waals surface area contributed by atoms with E-state index in [9.17, 15) is 23.1 Å². The Balaban J connectivity index is 1.51. The zero-order valence-electron chi connectivity index (χ0n) is 18.8. The fourth-order valence-corrected chi connectivity index (χ4v) is 5.71. The first kappa shape index (κ1) is 23.4. The van der Waals surface area contributed by atoms with Gasteiger partial charge in [-0.15, -0.1) is 0 Å². The molecule has 1 saturated heterocycles. The van der Waals surface area contributed by atoms with E-state index < -0.39 is 17.2 Å². The van der Waals surface area contributed by atoms with Crippen LogP contribution in [0.2, 0.25) is 0 Å². The number of benzene rings is 1. The van der Waals surface area contributed by atoms with E-state index in [1.165, 1.54) is 0 Å². The number of halogens is 3. The summed E-state index contributed by atoms with van der Waals surface area (Å²) in [5.74, 6) is -0.166. The number of aromatic hydroxyl groups is 1. The summed E-state index contributed by atoms with van der Waals surface area (Å²) in [6.07, 6.45) is 0.236. The first-order valence-corrected chi connectivity index (χ1v) is 11.7. The molecule has 1 aliphatic carbocycles. The topological polar surface area (TPSA) is 61.8 Å². The van der Waals surface area contributed by atoms with Crippen molar-refractivity contribution in [3.05, 3.63) is 28.8 Å². The van der Waals surface area contributed by atoms with Crippen molar-refractivity contribution in [1.29, 1.82) is 0 Å². The summed E-state index contributed by atoms with van der Waals surface area (Å²) in [5, 5.41) is 13.9. The van der Waals surface area contributed by atoms with E-state index in [1.807, 2.05) is 0 Å². The highest BCUT2D eigenvalue weighted by atomic mass is 19.4. The largest absolute Gasteiger partial charge is 0.508 e. The van der Waals surface area contributed by atoms with Crippen molar-refractivity contribution in [1.82, 2.24) is 10.2 Å². The van der Waals surface area contributed by atoms with Crippen molar-refractivity contribution in [3.8, 4) is 5.75 Å². The molecule has 32 heavy (non-hydrogen) atoms. The number of nitrogens with one attached hydrogen (secondary N) is 1. The van der Waals surface area contributed by atoms with Crippen LogP contribution in [0.5, 0.6) is 5.75 Å². The van der Waals surface area contributed by atoms with E-state index in [0.717, 1.165) is 57.5 Å². The van der Waals surface area contributed by atoms with Crippen LogP contribution in [0.1, 0.15) is 62.6 Å². The van der Waals surface area contributed by atoms with Crippen LogP contribution in [0.3, 0.4) is 0 Å². The van der Waals surface area contributed by atoms with E-state index in [-0.39, 0.29) is 30.2 Å². The number of fused-ring (bicyclic) bond motifs is 1. The first-order valence-electron chi connectivity index (χ1n) is 11.7. The van der Waals surface area contributed by atoms with Gasteiger partial charge in [0.15, 0.2) is 0 Å². The molecule has 2 aliphatic heterocycles. The minimum atomic E-state index is -4.54. The molecule has 3 aliphatic rings. The number of rotatable bonds is 4. The van der Waals surface area contributed by atoms with Crippen LogP contribution in [-0.2, 0) is 28.7 Å². The van der Waals surface area contributed by atoms with Gasteiger partial charge in [-0.25, -0.2) is 0 Å². The highest BCUT2D eigenvalue weighted by Crippen LogP contribution is 2.47. The molecule has 0 aromatic heterocycles. The highest BCUT2D eigenvalue weighted by molar-refractivity contribution is 5.84. The fraction of sp³-hybridized carbons (Fsp3) is 0.708. The molecule has 0 bridgehead atoms. The molecule has 2 atom stereocenters. The minimum Gasteiger partial charge on any atom is -0.508 e. The number of phenols is 1. The maximum absolute atomic E-state index is 13.8. The molecule has 0 unspecified atom stereocenters. The van der Waals surface area contributed by atoms with Crippen LogP contribution in [0.25, 0.3) is 0 Å². The smallest absolute Gasteiger partial charge is 0.416 e. The zero-order valence-corrected chi connectivity index (χ0v) is 18.8. The molecule has 178 valence electrons. The number of alkyl halides is 3. The first-order chi connectivity index (χ1) is 15.1.